The first kappa shape index (κ1) is 20.8. The molecule has 1 aromatic heterocycles. The molecule has 1 aliphatic heterocycles. The maximum absolute atomic E-state index is 12.9. The van der Waals surface area contributed by atoms with E-state index in [1.54, 1.807) is 28.4 Å². The van der Waals surface area contributed by atoms with Crippen LogP contribution in [0.2, 0.25) is 0 Å². The smallest absolute Gasteiger partial charge is 0.243 e. The number of hydrogen-bond acceptors (Lipinski definition) is 5. The van der Waals surface area contributed by atoms with Crippen molar-refractivity contribution < 1.29 is 13.2 Å². The second-order valence-corrected chi connectivity index (χ2v) is 10.7. The van der Waals surface area contributed by atoms with Gasteiger partial charge in [0.15, 0.2) is 0 Å². The summed E-state index contributed by atoms with van der Waals surface area (Å²) < 4.78 is 27.1. The average molecular weight is 444 g/mol. The van der Waals surface area contributed by atoms with Crippen molar-refractivity contribution in [1.82, 2.24) is 9.88 Å². The Bertz CT molecular complexity index is 1130. The zero-order valence-corrected chi connectivity index (χ0v) is 18.7. The van der Waals surface area contributed by atoms with Crippen LogP contribution in [0.1, 0.15) is 29.3 Å². The van der Waals surface area contributed by atoms with E-state index in [1.807, 2.05) is 37.3 Å². The first-order valence-corrected chi connectivity index (χ1v) is 12.7. The van der Waals surface area contributed by atoms with Gasteiger partial charge in [0.25, 0.3) is 0 Å². The maximum atomic E-state index is 12.9. The van der Waals surface area contributed by atoms with Crippen molar-refractivity contribution in [3.63, 3.8) is 0 Å². The molecular weight excluding hydrogens is 418 g/mol. The van der Waals surface area contributed by atoms with Crippen LogP contribution in [-0.4, -0.2) is 50.1 Å². The van der Waals surface area contributed by atoms with Gasteiger partial charge in [0.1, 0.15) is 6.54 Å². The van der Waals surface area contributed by atoms with Crippen molar-refractivity contribution in [1.29, 1.82) is 0 Å². The molecule has 0 aliphatic carbocycles. The predicted molar refractivity (Wildman–Crippen MR) is 122 cm³/mol. The number of rotatable bonds is 5. The lowest BCUT2D eigenvalue weighted by molar-refractivity contribution is -0.130. The van der Waals surface area contributed by atoms with Crippen LogP contribution in [0.4, 0.5) is 5.69 Å². The largest absolute Gasteiger partial charge is 0.341 e. The van der Waals surface area contributed by atoms with Crippen LogP contribution in [-0.2, 0) is 14.8 Å². The Balaban J connectivity index is 1.43. The minimum absolute atomic E-state index is 0.161. The Labute approximate surface area is 181 Å². The molecule has 4 rings (SSSR count). The molecule has 6 nitrogen and oxygen atoms in total. The van der Waals surface area contributed by atoms with Gasteiger partial charge in [-0.25, -0.2) is 13.4 Å². The standard InChI is InChI=1S/C22H25N3O3S2/c1-16-7-3-5-9-19(16)25(30(2,27)28)15-21(26)24-13-11-17(12-14-24)22-23-18-8-4-6-10-20(18)29-22/h3-10,17H,11-15H2,1-2H3. The first-order valence-electron chi connectivity index (χ1n) is 9.99. The normalized spacial score (nSPS) is 15.5. The van der Waals surface area contributed by atoms with Crippen molar-refractivity contribution in [2.45, 2.75) is 25.7 Å². The van der Waals surface area contributed by atoms with E-state index < -0.39 is 10.0 Å². The minimum Gasteiger partial charge on any atom is -0.341 e. The summed E-state index contributed by atoms with van der Waals surface area (Å²) in [7, 11) is -3.57. The van der Waals surface area contributed by atoms with E-state index in [0.29, 0.717) is 24.7 Å². The summed E-state index contributed by atoms with van der Waals surface area (Å²) >= 11 is 1.72. The molecule has 3 aromatic rings. The number of hydrogen-bond donors (Lipinski definition) is 0. The van der Waals surface area contributed by atoms with Gasteiger partial charge in [-0.15, -0.1) is 11.3 Å². The number of carbonyl (C=O) groups is 1. The number of piperidine rings is 1. The Morgan fingerprint density at radius 2 is 1.80 bits per heavy atom. The van der Waals surface area contributed by atoms with E-state index in [9.17, 15) is 13.2 Å². The van der Waals surface area contributed by atoms with E-state index in [2.05, 4.69) is 6.07 Å². The highest BCUT2D eigenvalue weighted by atomic mass is 32.2. The number of benzene rings is 2. The second-order valence-electron chi connectivity index (χ2n) is 7.73. The maximum Gasteiger partial charge on any atom is 0.243 e. The van der Waals surface area contributed by atoms with Crippen LogP contribution in [0.15, 0.2) is 48.5 Å². The Morgan fingerprint density at radius 3 is 2.47 bits per heavy atom. The molecule has 0 saturated carbocycles. The summed E-state index contributed by atoms with van der Waals surface area (Å²) in [6.07, 6.45) is 2.83. The highest BCUT2D eigenvalue weighted by Crippen LogP contribution is 2.34. The third-order valence-electron chi connectivity index (χ3n) is 5.57. The monoisotopic (exact) mass is 443 g/mol. The topological polar surface area (TPSA) is 70.6 Å². The Hall–Kier alpha value is -2.45. The fourth-order valence-corrected chi connectivity index (χ4v) is 5.93. The van der Waals surface area contributed by atoms with Crippen LogP contribution in [0.25, 0.3) is 10.2 Å². The van der Waals surface area contributed by atoms with Crippen molar-refractivity contribution >= 4 is 43.2 Å². The third kappa shape index (κ3) is 4.34. The van der Waals surface area contributed by atoms with Gasteiger partial charge < -0.3 is 4.90 Å². The van der Waals surface area contributed by atoms with Crippen molar-refractivity contribution in [3.05, 3.63) is 59.1 Å². The molecule has 0 radical (unpaired) electrons. The summed E-state index contributed by atoms with van der Waals surface area (Å²) in [5, 5.41) is 1.13. The van der Waals surface area contributed by atoms with Crippen LogP contribution in [0.3, 0.4) is 0 Å². The fraction of sp³-hybridized carbons (Fsp3) is 0.364. The molecule has 1 amide bonds. The van der Waals surface area contributed by atoms with Crippen LogP contribution >= 0.6 is 11.3 Å². The molecule has 8 heteroatoms. The Kier molecular flexibility index (Phi) is 5.79. The van der Waals surface area contributed by atoms with Crippen LogP contribution < -0.4 is 4.31 Å². The van der Waals surface area contributed by atoms with Gasteiger partial charge in [0, 0.05) is 19.0 Å². The van der Waals surface area contributed by atoms with Crippen molar-refractivity contribution in [2.24, 2.45) is 0 Å². The number of sulfonamides is 1. The number of nitrogens with zero attached hydrogens (tertiary/aromatic N) is 3. The summed E-state index contributed by atoms with van der Waals surface area (Å²) in [6, 6.07) is 15.4. The molecule has 0 unspecified atom stereocenters. The van der Waals surface area contributed by atoms with Gasteiger partial charge in [0.2, 0.25) is 15.9 Å². The first-order chi connectivity index (χ1) is 14.3. The zero-order valence-electron chi connectivity index (χ0n) is 17.1. The van der Waals surface area contributed by atoms with Gasteiger partial charge >= 0.3 is 0 Å². The van der Waals surface area contributed by atoms with Gasteiger partial charge in [-0.05, 0) is 43.5 Å². The Morgan fingerprint density at radius 1 is 1.13 bits per heavy atom. The number of anilines is 1. The lowest BCUT2D eigenvalue weighted by Gasteiger charge is -2.33. The lowest BCUT2D eigenvalue weighted by atomic mass is 9.97. The SMILES string of the molecule is Cc1ccccc1N(CC(=O)N1CCC(c2nc3ccccc3s2)CC1)S(C)(=O)=O. The van der Waals surface area contributed by atoms with Crippen molar-refractivity contribution in [3.8, 4) is 0 Å². The molecule has 2 aromatic carbocycles. The predicted octanol–water partition coefficient (Wildman–Crippen LogP) is 3.78. The summed E-state index contributed by atoms with van der Waals surface area (Å²) in [6.45, 7) is 2.91. The van der Waals surface area contributed by atoms with Crippen LogP contribution in [0.5, 0.6) is 0 Å². The molecule has 30 heavy (non-hydrogen) atoms. The number of fused-ring (bicyclic) bond motifs is 1. The number of para-hydroxylation sites is 2. The molecule has 1 aliphatic rings. The molecule has 0 atom stereocenters. The third-order valence-corrected chi connectivity index (χ3v) is 7.90. The number of carbonyl (C=O) groups excluding carboxylic acids is 1. The van der Waals surface area contributed by atoms with E-state index >= 15 is 0 Å². The van der Waals surface area contributed by atoms with E-state index in [0.717, 1.165) is 35.2 Å². The summed E-state index contributed by atoms with van der Waals surface area (Å²) in [4.78, 5) is 19.5. The van der Waals surface area contributed by atoms with E-state index in [-0.39, 0.29) is 12.5 Å². The van der Waals surface area contributed by atoms with Gasteiger partial charge in [0.05, 0.1) is 27.2 Å². The van der Waals surface area contributed by atoms with Gasteiger partial charge in [-0.3, -0.25) is 9.10 Å². The molecule has 158 valence electrons. The van der Waals surface area contributed by atoms with Gasteiger partial charge in [-0.2, -0.15) is 0 Å². The highest BCUT2D eigenvalue weighted by molar-refractivity contribution is 7.92. The van der Waals surface area contributed by atoms with E-state index in [1.165, 1.54) is 9.01 Å². The second kappa shape index (κ2) is 8.35. The molecule has 1 saturated heterocycles. The number of aryl methyl sites for hydroxylation is 1. The van der Waals surface area contributed by atoms with Crippen molar-refractivity contribution in [2.75, 3.05) is 30.2 Å². The number of likely N-dealkylation sites (tertiary alicyclic amines) is 1. The number of amides is 1. The average Bonchev–Trinajstić information content (AvgIpc) is 3.16. The molecule has 0 spiro atoms. The quantitative estimate of drug-likeness (QED) is 0.602. The molecule has 0 bridgehead atoms. The number of aromatic nitrogens is 1. The van der Waals surface area contributed by atoms with E-state index in [4.69, 9.17) is 4.98 Å². The lowest BCUT2D eigenvalue weighted by Crippen LogP contribution is -2.45. The van der Waals surface area contributed by atoms with Crippen LogP contribution in [0, 0.1) is 6.92 Å². The van der Waals surface area contributed by atoms with Gasteiger partial charge in [-0.1, -0.05) is 30.3 Å². The molecule has 1 fully saturated rings. The zero-order chi connectivity index (χ0) is 21.3. The minimum atomic E-state index is -3.57. The summed E-state index contributed by atoms with van der Waals surface area (Å²) in [5.74, 6) is 0.181. The molecule has 2 heterocycles. The summed E-state index contributed by atoms with van der Waals surface area (Å²) in [5.41, 5.74) is 2.40. The molecule has 0 N–H and O–H groups in total. The molecular formula is C22H25N3O3S2. The highest BCUT2D eigenvalue weighted by Gasteiger charge is 2.29. The number of thiazole rings is 1. The fourth-order valence-electron chi connectivity index (χ4n) is 3.89.